The van der Waals surface area contributed by atoms with Crippen LogP contribution in [0, 0.1) is 6.92 Å². The number of nitrogens with zero attached hydrogens (tertiary/aromatic N) is 2. The summed E-state index contributed by atoms with van der Waals surface area (Å²) < 4.78 is 5.69. The van der Waals surface area contributed by atoms with Crippen molar-refractivity contribution in [3.63, 3.8) is 0 Å². The maximum absolute atomic E-state index is 5.69. The lowest BCUT2D eigenvalue weighted by Gasteiger charge is -2.15. The van der Waals surface area contributed by atoms with Crippen molar-refractivity contribution in [2.45, 2.75) is 33.2 Å². The highest BCUT2D eigenvalue weighted by molar-refractivity contribution is 7.11. The van der Waals surface area contributed by atoms with E-state index < -0.39 is 0 Å². The van der Waals surface area contributed by atoms with Gasteiger partial charge in [-0.2, -0.15) is 0 Å². The van der Waals surface area contributed by atoms with Crippen LogP contribution in [0.25, 0.3) is 0 Å². The van der Waals surface area contributed by atoms with E-state index in [1.807, 2.05) is 18.3 Å². The van der Waals surface area contributed by atoms with Crippen LogP contribution in [0.5, 0.6) is 5.75 Å². The second-order valence-corrected chi connectivity index (χ2v) is 5.64. The Morgan fingerprint density at radius 3 is 2.95 bits per heavy atom. The molecule has 0 saturated carbocycles. The van der Waals surface area contributed by atoms with Crippen LogP contribution >= 0.6 is 11.3 Å². The van der Waals surface area contributed by atoms with Gasteiger partial charge in [0.25, 0.3) is 0 Å². The fourth-order valence-electron chi connectivity index (χ4n) is 1.67. The Balaban J connectivity index is 2.09. The van der Waals surface area contributed by atoms with Gasteiger partial charge in [0, 0.05) is 17.3 Å². The van der Waals surface area contributed by atoms with Gasteiger partial charge in [0.1, 0.15) is 5.01 Å². The van der Waals surface area contributed by atoms with E-state index in [9.17, 15) is 0 Å². The van der Waals surface area contributed by atoms with Crippen LogP contribution in [0.4, 0.5) is 5.82 Å². The van der Waals surface area contributed by atoms with Gasteiger partial charge in [-0.1, -0.05) is 6.92 Å². The first-order chi connectivity index (χ1) is 9.20. The number of rotatable bonds is 6. The first-order valence-corrected chi connectivity index (χ1v) is 7.29. The van der Waals surface area contributed by atoms with Crippen LogP contribution in [0.2, 0.25) is 0 Å². The molecule has 2 heterocycles. The SMILES string of the molecule is CCCOc1cccnc1NC(C)c1ncc(C)s1. The van der Waals surface area contributed by atoms with Gasteiger partial charge >= 0.3 is 0 Å². The zero-order valence-corrected chi connectivity index (χ0v) is 12.3. The second kappa shape index (κ2) is 6.52. The molecular formula is C14H19N3OS. The Labute approximate surface area is 117 Å². The van der Waals surface area contributed by atoms with Crippen LogP contribution in [-0.4, -0.2) is 16.6 Å². The average Bonchev–Trinajstić information content (AvgIpc) is 2.84. The molecule has 0 fully saturated rings. The van der Waals surface area contributed by atoms with Crippen molar-refractivity contribution in [1.29, 1.82) is 0 Å². The number of ether oxygens (including phenoxy) is 1. The Morgan fingerprint density at radius 1 is 1.42 bits per heavy atom. The highest BCUT2D eigenvalue weighted by atomic mass is 32.1. The lowest BCUT2D eigenvalue weighted by molar-refractivity contribution is 0.317. The lowest BCUT2D eigenvalue weighted by atomic mass is 10.3. The topological polar surface area (TPSA) is 47.0 Å². The van der Waals surface area contributed by atoms with E-state index in [2.05, 4.69) is 36.1 Å². The van der Waals surface area contributed by atoms with E-state index in [1.165, 1.54) is 4.88 Å². The second-order valence-electron chi connectivity index (χ2n) is 4.37. The van der Waals surface area contributed by atoms with Crippen molar-refractivity contribution in [3.8, 4) is 5.75 Å². The van der Waals surface area contributed by atoms with Gasteiger partial charge in [-0.05, 0) is 32.4 Å². The Kier molecular flexibility index (Phi) is 4.74. The molecule has 2 aromatic heterocycles. The first kappa shape index (κ1) is 13.8. The van der Waals surface area contributed by atoms with Crippen LogP contribution in [0.3, 0.4) is 0 Å². The highest BCUT2D eigenvalue weighted by Crippen LogP contribution is 2.27. The van der Waals surface area contributed by atoms with Crippen LogP contribution in [0.15, 0.2) is 24.5 Å². The summed E-state index contributed by atoms with van der Waals surface area (Å²) >= 11 is 1.70. The number of thiazole rings is 1. The molecular weight excluding hydrogens is 258 g/mol. The summed E-state index contributed by atoms with van der Waals surface area (Å²) in [6, 6.07) is 3.94. The summed E-state index contributed by atoms with van der Waals surface area (Å²) in [5.74, 6) is 1.57. The minimum Gasteiger partial charge on any atom is -0.490 e. The predicted octanol–water partition coefficient (Wildman–Crippen LogP) is 3.81. The van der Waals surface area contributed by atoms with Crippen LogP contribution < -0.4 is 10.1 Å². The molecule has 2 rings (SSSR count). The Hall–Kier alpha value is -1.62. The third kappa shape index (κ3) is 3.67. The van der Waals surface area contributed by atoms with E-state index in [-0.39, 0.29) is 6.04 Å². The molecule has 0 aliphatic rings. The summed E-state index contributed by atoms with van der Waals surface area (Å²) in [6.45, 7) is 6.93. The van der Waals surface area contributed by atoms with E-state index in [0.29, 0.717) is 6.61 Å². The van der Waals surface area contributed by atoms with Gasteiger partial charge < -0.3 is 10.1 Å². The molecule has 1 atom stereocenters. The zero-order chi connectivity index (χ0) is 13.7. The van der Waals surface area contributed by atoms with Gasteiger partial charge in [0.2, 0.25) is 0 Å². The largest absolute Gasteiger partial charge is 0.490 e. The molecule has 0 amide bonds. The fraction of sp³-hybridized carbons (Fsp3) is 0.429. The first-order valence-electron chi connectivity index (χ1n) is 6.47. The van der Waals surface area contributed by atoms with Gasteiger partial charge in [-0.3, -0.25) is 0 Å². The molecule has 102 valence electrons. The third-order valence-corrected chi connectivity index (χ3v) is 3.69. The van der Waals surface area contributed by atoms with E-state index in [0.717, 1.165) is 23.0 Å². The molecule has 0 aromatic carbocycles. The number of pyridine rings is 1. The molecule has 19 heavy (non-hydrogen) atoms. The number of aromatic nitrogens is 2. The predicted molar refractivity (Wildman–Crippen MR) is 78.9 cm³/mol. The number of anilines is 1. The van der Waals surface area contributed by atoms with Gasteiger partial charge in [-0.25, -0.2) is 9.97 Å². The van der Waals surface area contributed by atoms with Crippen LogP contribution in [0.1, 0.15) is 36.2 Å². The van der Waals surface area contributed by atoms with Crippen LogP contribution in [-0.2, 0) is 0 Å². The van der Waals surface area contributed by atoms with Crippen molar-refractivity contribution in [2.75, 3.05) is 11.9 Å². The van der Waals surface area contributed by atoms with Crippen molar-refractivity contribution in [2.24, 2.45) is 0 Å². The monoisotopic (exact) mass is 277 g/mol. The molecule has 0 spiro atoms. The molecule has 2 aromatic rings. The summed E-state index contributed by atoms with van der Waals surface area (Å²) in [6.07, 6.45) is 4.64. The Bertz CT molecular complexity index is 527. The number of hydrogen-bond acceptors (Lipinski definition) is 5. The third-order valence-electron chi connectivity index (χ3n) is 2.60. The van der Waals surface area contributed by atoms with Crippen molar-refractivity contribution < 1.29 is 4.74 Å². The smallest absolute Gasteiger partial charge is 0.169 e. The quantitative estimate of drug-likeness (QED) is 0.872. The van der Waals surface area contributed by atoms with Crippen molar-refractivity contribution >= 4 is 17.2 Å². The maximum atomic E-state index is 5.69. The molecule has 0 bridgehead atoms. The number of aryl methyl sites for hydroxylation is 1. The molecule has 5 heteroatoms. The minimum atomic E-state index is 0.123. The minimum absolute atomic E-state index is 0.123. The fourth-order valence-corrected chi connectivity index (χ4v) is 2.44. The van der Waals surface area contributed by atoms with E-state index in [1.54, 1.807) is 17.5 Å². The number of nitrogens with one attached hydrogen (secondary N) is 1. The normalized spacial score (nSPS) is 12.2. The molecule has 0 saturated heterocycles. The van der Waals surface area contributed by atoms with Gasteiger partial charge in [0.15, 0.2) is 11.6 Å². The zero-order valence-electron chi connectivity index (χ0n) is 11.5. The lowest BCUT2D eigenvalue weighted by Crippen LogP contribution is -2.09. The number of hydrogen-bond donors (Lipinski definition) is 1. The standard InChI is InChI=1S/C14H19N3OS/c1-4-8-18-12-6-5-7-15-13(12)17-11(3)14-16-9-10(2)19-14/h5-7,9,11H,4,8H2,1-3H3,(H,15,17). The summed E-state index contributed by atoms with van der Waals surface area (Å²) in [7, 11) is 0. The average molecular weight is 277 g/mol. The molecule has 0 aliphatic heterocycles. The van der Waals surface area contributed by atoms with Crippen molar-refractivity contribution in [1.82, 2.24) is 9.97 Å². The molecule has 0 aliphatic carbocycles. The molecule has 0 radical (unpaired) electrons. The molecule has 1 unspecified atom stereocenters. The molecule has 4 nitrogen and oxygen atoms in total. The maximum Gasteiger partial charge on any atom is 0.169 e. The van der Waals surface area contributed by atoms with E-state index >= 15 is 0 Å². The highest BCUT2D eigenvalue weighted by Gasteiger charge is 2.12. The molecule has 1 N–H and O–H groups in total. The summed E-state index contributed by atoms with van der Waals surface area (Å²) in [5, 5.41) is 4.42. The summed E-state index contributed by atoms with van der Waals surface area (Å²) in [4.78, 5) is 9.95. The van der Waals surface area contributed by atoms with Gasteiger partial charge in [0.05, 0.1) is 12.6 Å². The van der Waals surface area contributed by atoms with Crippen molar-refractivity contribution in [3.05, 3.63) is 34.4 Å². The van der Waals surface area contributed by atoms with E-state index in [4.69, 9.17) is 4.74 Å². The summed E-state index contributed by atoms with van der Waals surface area (Å²) in [5.41, 5.74) is 0. The van der Waals surface area contributed by atoms with Gasteiger partial charge in [-0.15, -0.1) is 11.3 Å². The Morgan fingerprint density at radius 2 is 2.26 bits per heavy atom.